The van der Waals surface area contributed by atoms with Crippen molar-refractivity contribution in [2.75, 3.05) is 6.54 Å². The Hall–Kier alpha value is -1.84. The smallest absolute Gasteiger partial charge is 0.242 e. The highest BCUT2D eigenvalue weighted by Gasteiger charge is 2.48. The maximum atomic E-state index is 12.2. The van der Waals surface area contributed by atoms with Crippen molar-refractivity contribution in [3.63, 3.8) is 0 Å². The molecule has 1 heterocycles. The predicted molar refractivity (Wildman–Crippen MR) is 66.7 cm³/mol. The molecule has 17 heavy (non-hydrogen) atoms. The molecule has 92 valence electrons. The zero-order chi connectivity index (χ0) is 13.1. The molecule has 0 saturated carbocycles. The Kier molecular flexibility index (Phi) is 3.89. The lowest BCUT2D eigenvalue weighted by Gasteiger charge is -2.21. The van der Waals surface area contributed by atoms with Crippen molar-refractivity contribution < 1.29 is 9.59 Å². The first-order valence-electron chi connectivity index (χ1n) is 5.54. The molecule has 0 aromatic rings. The molecule has 4 nitrogen and oxygen atoms in total. The number of carbonyl (C=O) groups is 2. The highest BCUT2D eigenvalue weighted by molar-refractivity contribution is 6.06. The van der Waals surface area contributed by atoms with E-state index in [0.717, 1.165) is 5.70 Å². The predicted octanol–water partition coefficient (Wildman–Crippen LogP) is 1.36. The van der Waals surface area contributed by atoms with Gasteiger partial charge in [0, 0.05) is 12.2 Å². The van der Waals surface area contributed by atoms with Crippen molar-refractivity contribution in [1.29, 1.82) is 0 Å². The standard InChI is InChI=1S/C13H18N2O2/c1-4-6-10(7-5-2)15-9-8-13(3,11(14)16)12(15)17/h4-7H,1,8-9H2,2-3H3,(H2,14,16)/b7-5-,10-6+. The van der Waals surface area contributed by atoms with Crippen LogP contribution in [-0.2, 0) is 9.59 Å². The van der Waals surface area contributed by atoms with Gasteiger partial charge >= 0.3 is 0 Å². The molecule has 1 aliphatic rings. The van der Waals surface area contributed by atoms with E-state index >= 15 is 0 Å². The third kappa shape index (κ3) is 2.30. The lowest BCUT2D eigenvalue weighted by molar-refractivity contribution is -0.141. The molecule has 1 unspecified atom stereocenters. The van der Waals surface area contributed by atoms with E-state index in [1.807, 2.05) is 19.1 Å². The van der Waals surface area contributed by atoms with E-state index in [1.165, 1.54) is 0 Å². The first kappa shape index (κ1) is 13.2. The molecule has 4 heteroatoms. The quantitative estimate of drug-likeness (QED) is 0.589. The molecular formula is C13H18N2O2. The number of allylic oxidation sites excluding steroid dienone is 4. The van der Waals surface area contributed by atoms with Crippen LogP contribution in [0.4, 0.5) is 0 Å². The van der Waals surface area contributed by atoms with Crippen LogP contribution in [0.1, 0.15) is 20.3 Å². The van der Waals surface area contributed by atoms with Crippen LogP contribution >= 0.6 is 0 Å². The highest BCUT2D eigenvalue weighted by atomic mass is 16.2. The van der Waals surface area contributed by atoms with Crippen molar-refractivity contribution in [3.8, 4) is 0 Å². The third-order valence-electron chi connectivity index (χ3n) is 3.03. The molecule has 1 saturated heterocycles. The van der Waals surface area contributed by atoms with Gasteiger partial charge in [-0.25, -0.2) is 0 Å². The van der Waals surface area contributed by atoms with Crippen LogP contribution in [0.15, 0.2) is 36.6 Å². The number of hydrogen-bond donors (Lipinski definition) is 1. The second kappa shape index (κ2) is 4.99. The van der Waals surface area contributed by atoms with Crippen LogP contribution in [-0.4, -0.2) is 23.3 Å². The van der Waals surface area contributed by atoms with Crippen LogP contribution in [0, 0.1) is 5.41 Å². The number of nitrogens with zero attached hydrogens (tertiary/aromatic N) is 1. The van der Waals surface area contributed by atoms with E-state index in [4.69, 9.17) is 5.73 Å². The van der Waals surface area contributed by atoms with Gasteiger partial charge in [-0.15, -0.1) is 0 Å². The summed E-state index contributed by atoms with van der Waals surface area (Å²) in [5.41, 5.74) is 4.94. The van der Waals surface area contributed by atoms with E-state index in [1.54, 1.807) is 24.0 Å². The van der Waals surface area contributed by atoms with E-state index in [9.17, 15) is 9.59 Å². The summed E-state index contributed by atoms with van der Waals surface area (Å²) in [5, 5.41) is 0. The van der Waals surface area contributed by atoms with E-state index < -0.39 is 11.3 Å². The fraction of sp³-hybridized carbons (Fsp3) is 0.385. The highest BCUT2D eigenvalue weighted by Crippen LogP contribution is 2.33. The fourth-order valence-corrected chi connectivity index (χ4v) is 1.84. The minimum Gasteiger partial charge on any atom is -0.369 e. The largest absolute Gasteiger partial charge is 0.369 e. The van der Waals surface area contributed by atoms with E-state index in [0.29, 0.717) is 13.0 Å². The van der Waals surface area contributed by atoms with Crippen LogP contribution in [0.3, 0.4) is 0 Å². The van der Waals surface area contributed by atoms with Crippen molar-refractivity contribution >= 4 is 11.8 Å². The summed E-state index contributed by atoms with van der Waals surface area (Å²) in [6.07, 6.45) is 7.45. The summed E-state index contributed by atoms with van der Waals surface area (Å²) < 4.78 is 0. The molecule has 0 aromatic heterocycles. The Morgan fingerprint density at radius 1 is 1.59 bits per heavy atom. The molecule has 1 aliphatic heterocycles. The van der Waals surface area contributed by atoms with Crippen LogP contribution in [0.25, 0.3) is 0 Å². The number of amides is 2. The topological polar surface area (TPSA) is 63.4 Å². The molecular weight excluding hydrogens is 216 g/mol. The fourth-order valence-electron chi connectivity index (χ4n) is 1.84. The number of nitrogens with two attached hydrogens (primary N) is 1. The Balaban J connectivity index is 3.04. The number of likely N-dealkylation sites (tertiary alicyclic amines) is 1. The minimum atomic E-state index is -1.08. The molecule has 0 aromatic carbocycles. The normalized spacial score (nSPS) is 25.6. The molecule has 1 rings (SSSR count). The first-order chi connectivity index (χ1) is 7.97. The van der Waals surface area contributed by atoms with Gasteiger partial charge in [-0.2, -0.15) is 0 Å². The van der Waals surface area contributed by atoms with Crippen molar-refractivity contribution in [1.82, 2.24) is 4.90 Å². The molecule has 2 N–H and O–H groups in total. The van der Waals surface area contributed by atoms with Crippen molar-refractivity contribution in [2.24, 2.45) is 11.1 Å². The van der Waals surface area contributed by atoms with Crippen LogP contribution in [0.2, 0.25) is 0 Å². The Bertz CT molecular complexity index is 410. The Morgan fingerprint density at radius 3 is 2.65 bits per heavy atom. The zero-order valence-electron chi connectivity index (χ0n) is 10.3. The summed E-state index contributed by atoms with van der Waals surface area (Å²) in [4.78, 5) is 25.1. The Morgan fingerprint density at radius 2 is 2.24 bits per heavy atom. The third-order valence-corrected chi connectivity index (χ3v) is 3.03. The average Bonchev–Trinajstić information content (AvgIpc) is 2.57. The second-order valence-corrected chi connectivity index (χ2v) is 4.23. The molecule has 0 spiro atoms. The van der Waals surface area contributed by atoms with E-state index in [-0.39, 0.29) is 5.91 Å². The van der Waals surface area contributed by atoms with Crippen LogP contribution < -0.4 is 5.73 Å². The molecule has 0 bridgehead atoms. The minimum absolute atomic E-state index is 0.240. The Labute approximate surface area is 101 Å². The number of primary amides is 1. The summed E-state index contributed by atoms with van der Waals surface area (Å²) in [7, 11) is 0. The van der Waals surface area contributed by atoms with Gasteiger partial charge in [0.25, 0.3) is 0 Å². The maximum absolute atomic E-state index is 12.2. The molecule has 2 amide bonds. The molecule has 0 aliphatic carbocycles. The van der Waals surface area contributed by atoms with Gasteiger partial charge in [-0.3, -0.25) is 9.59 Å². The van der Waals surface area contributed by atoms with Crippen molar-refractivity contribution in [2.45, 2.75) is 20.3 Å². The van der Waals surface area contributed by atoms with Gasteiger partial charge in [0.2, 0.25) is 11.8 Å². The summed E-state index contributed by atoms with van der Waals surface area (Å²) >= 11 is 0. The second-order valence-electron chi connectivity index (χ2n) is 4.23. The van der Waals surface area contributed by atoms with Crippen LogP contribution in [0.5, 0.6) is 0 Å². The van der Waals surface area contributed by atoms with Gasteiger partial charge in [-0.05, 0) is 32.4 Å². The monoisotopic (exact) mass is 234 g/mol. The molecule has 1 atom stereocenters. The summed E-state index contributed by atoms with van der Waals surface area (Å²) in [6, 6.07) is 0. The van der Waals surface area contributed by atoms with Gasteiger partial charge in [-0.1, -0.05) is 18.7 Å². The van der Waals surface area contributed by atoms with Gasteiger partial charge in [0.1, 0.15) is 5.41 Å². The number of hydrogen-bond acceptors (Lipinski definition) is 2. The average molecular weight is 234 g/mol. The van der Waals surface area contributed by atoms with Gasteiger partial charge < -0.3 is 10.6 Å². The first-order valence-corrected chi connectivity index (χ1v) is 5.54. The maximum Gasteiger partial charge on any atom is 0.242 e. The SMILES string of the molecule is C=C/C=C(\C=C/C)N1CCC(C)(C(N)=O)C1=O. The zero-order valence-corrected chi connectivity index (χ0v) is 10.3. The number of rotatable bonds is 4. The molecule has 0 radical (unpaired) electrons. The lowest BCUT2D eigenvalue weighted by Crippen LogP contribution is -2.41. The molecule has 1 fully saturated rings. The summed E-state index contributed by atoms with van der Waals surface area (Å²) in [5.74, 6) is -0.806. The lowest BCUT2D eigenvalue weighted by atomic mass is 9.88. The van der Waals surface area contributed by atoms with Crippen molar-refractivity contribution in [3.05, 3.63) is 36.6 Å². The van der Waals surface area contributed by atoms with Gasteiger partial charge in [0.15, 0.2) is 0 Å². The number of carbonyl (C=O) groups excluding carboxylic acids is 2. The van der Waals surface area contributed by atoms with E-state index in [2.05, 4.69) is 6.58 Å². The summed E-state index contributed by atoms with van der Waals surface area (Å²) in [6.45, 7) is 7.57. The van der Waals surface area contributed by atoms with Gasteiger partial charge in [0.05, 0.1) is 0 Å².